The third-order valence-electron chi connectivity index (χ3n) is 8.73. The summed E-state index contributed by atoms with van der Waals surface area (Å²) in [4.78, 5) is 45.4. The van der Waals surface area contributed by atoms with Crippen LogP contribution in [0, 0.1) is 0 Å². The Morgan fingerprint density at radius 3 is 2.13 bits per heavy atom. The Kier molecular flexibility index (Phi) is 8.97. The number of piperidine rings is 1. The van der Waals surface area contributed by atoms with Crippen LogP contribution in [-0.4, -0.2) is 115 Å². The number of carbonyl (C=O) groups excluding carboxylic acids is 2. The summed E-state index contributed by atoms with van der Waals surface area (Å²) in [7, 11) is 1.41. The number of hydrogen-bond donors (Lipinski definition) is 2. The number of pyridine rings is 1. The number of hydrogen-bond acceptors (Lipinski definition) is 11. The van der Waals surface area contributed by atoms with Crippen LogP contribution in [0.3, 0.4) is 0 Å². The number of methoxy groups -OCH3 is 1. The molecule has 246 valence electrons. The van der Waals surface area contributed by atoms with Gasteiger partial charge >= 0.3 is 12.1 Å². The lowest BCUT2D eigenvalue weighted by Gasteiger charge is -2.31. The van der Waals surface area contributed by atoms with Crippen molar-refractivity contribution >= 4 is 46.2 Å². The normalized spacial score (nSPS) is 17.5. The van der Waals surface area contributed by atoms with Crippen molar-refractivity contribution in [2.75, 3.05) is 93.2 Å². The molecule has 3 saturated heterocycles. The highest BCUT2D eigenvalue weighted by Gasteiger charge is 2.28. The minimum absolute atomic E-state index is 0.0876. The summed E-state index contributed by atoms with van der Waals surface area (Å²) in [5.41, 5.74) is 2.79. The van der Waals surface area contributed by atoms with E-state index in [2.05, 4.69) is 25.4 Å². The average molecular weight is 643 g/mol. The second-order valence-electron chi connectivity index (χ2n) is 11.6. The number of morpholine rings is 2. The summed E-state index contributed by atoms with van der Waals surface area (Å²) in [5, 5.41) is 11.4. The number of urea groups is 1. The van der Waals surface area contributed by atoms with Crippen LogP contribution in [0.4, 0.5) is 32.6 Å². The van der Waals surface area contributed by atoms with Crippen LogP contribution in [0.15, 0.2) is 48.8 Å². The number of benzene rings is 1. The van der Waals surface area contributed by atoms with Crippen LogP contribution in [0.5, 0.6) is 0 Å². The second kappa shape index (κ2) is 13.8. The molecule has 0 atom stereocenters. The molecule has 0 bridgehead atoms. The molecule has 1 aromatic carbocycles. The highest BCUT2D eigenvalue weighted by molar-refractivity contribution is 5.99. The van der Waals surface area contributed by atoms with Crippen molar-refractivity contribution in [1.29, 1.82) is 0 Å². The van der Waals surface area contributed by atoms with Gasteiger partial charge in [0.05, 0.1) is 63.0 Å². The number of nitrogens with zero attached hydrogens (tertiary/aromatic N) is 8. The van der Waals surface area contributed by atoms with E-state index < -0.39 is 0 Å². The zero-order valence-corrected chi connectivity index (χ0v) is 26.3. The fourth-order valence-corrected chi connectivity index (χ4v) is 6.18. The van der Waals surface area contributed by atoms with Gasteiger partial charge < -0.3 is 39.5 Å². The Morgan fingerprint density at radius 1 is 0.809 bits per heavy atom. The highest BCUT2D eigenvalue weighted by Crippen LogP contribution is 2.32. The van der Waals surface area contributed by atoms with E-state index in [0.29, 0.717) is 56.7 Å². The summed E-state index contributed by atoms with van der Waals surface area (Å²) in [5.74, 6) is 2.25. The molecule has 0 saturated carbocycles. The molecular weight excluding hydrogens is 604 g/mol. The summed E-state index contributed by atoms with van der Waals surface area (Å²) in [6.07, 6.45) is 4.68. The number of aromatic nitrogens is 5. The van der Waals surface area contributed by atoms with E-state index in [-0.39, 0.29) is 18.2 Å². The summed E-state index contributed by atoms with van der Waals surface area (Å²) < 4.78 is 17.9. The van der Waals surface area contributed by atoms with E-state index in [9.17, 15) is 9.59 Å². The van der Waals surface area contributed by atoms with Crippen LogP contribution in [0.1, 0.15) is 18.9 Å². The Bertz CT molecular complexity index is 1690. The molecule has 0 spiro atoms. The van der Waals surface area contributed by atoms with Crippen molar-refractivity contribution in [3.63, 3.8) is 0 Å². The predicted molar refractivity (Wildman–Crippen MR) is 176 cm³/mol. The van der Waals surface area contributed by atoms with Gasteiger partial charge in [-0.3, -0.25) is 0 Å². The zero-order valence-electron chi connectivity index (χ0n) is 26.3. The Balaban J connectivity index is 1.08. The van der Waals surface area contributed by atoms with E-state index in [0.717, 1.165) is 67.3 Å². The van der Waals surface area contributed by atoms with Gasteiger partial charge in [0.25, 0.3) is 0 Å². The third-order valence-corrected chi connectivity index (χ3v) is 8.73. The highest BCUT2D eigenvalue weighted by atomic mass is 16.5. The minimum atomic E-state index is -0.368. The second-order valence-corrected chi connectivity index (χ2v) is 11.6. The predicted octanol–water partition coefficient (Wildman–Crippen LogP) is 3.61. The first-order valence-corrected chi connectivity index (χ1v) is 15.9. The third kappa shape index (κ3) is 6.76. The lowest BCUT2D eigenvalue weighted by molar-refractivity contribution is 0.106. The SMILES string of the molecule is COC(=O)N1CCC(n2ncc3c(N4CCOCC4)nc(-c4ccc(NC(=O)Nc5ccc(N6CCOCC6)nc5)cc4)nc32)CC1. The summed E-state index contributed by atoms with van der Waals surface area (Å²) in [6, 6.07) is 10.9. The monoisotopic (exact) mass is 642 g/mol. The van der Waals surface area contributed by atoms with Crippen LogP contribution >= 0.6 is 0 Å². The standard InChI is InChI=1S/C32H38N10O5/c1-45-32(44)41-10-8-25(9-11-41)42-30-26(21-34-42)29(40-14-18-47-19-15-40)37-28(38-30)22-2-4-23(5-3-22)35-31(43)36-24-6-7-27(33-20-24)39-12-16-46-17-13-39/h2-7,20-21,25H,8-19H2,1H3,(H2,35,36,43). The molecule has 3 aromatic heterocycles. The molecule has 0 aliphatic carbocycles. The maximum absolute atomic E-state index is 12.8. The van der Waals surface area contributed by atoms with Crippen LogP contribution < -0.4 is 20.4 Å². The van der Waals surface area contributed by atoms with Gasteiger partial charge in [0.2, 0.25) is 0 Å². The number of rotatable bonds is 6. The van der Waals surface area contributed by atoms with E-state index >= 15 is 0 Å². The lowest BCUT2D eigenvalue weighted by Crippen LogP contribution is -2.39. The minimum Gasteiger partial charge on any atom is -0.453 e. The quantitative estimate of drug-likeness (QED) is 0.317. The van der Waals surface area contributed by atoms with Crippen molar-refractivity contribution in [1.82, 2.24) is 29.6 Å². The first-order valence-electron chi connectivity index (χ1n) is 15.9. The molecule has 3 amide bonds. The fraction of sp³-hybridized carbons (Fsp3) is 0.438. The van der Waals surface area contributed by atoms with Gasteiger partial charge in [0.15, 0.2) is 11.5 Å². The van der Waals surface area contributed by atoms with Gasteiger partial charge in [-0.15, -0.1) is 0 Å². The van der Waals surface area contributed by atoms with Crippen LogP contribution in [0.25, 0.3) is 22.4 Å². The molecule has 15 heteroatoms. The summed E-state index contributed by atoms with van der Waals surface area (Å²) in [6.45, 7) is 6.82. The molecule has 6 heterocycles. The number of nitrogens with one attached hydrogen (secondary N) is 2. The molecular formula is C32H38N10O5. The molecule has 0 unspecified atom stereocenters. The smallest absolute Gasteiger partial charge is 0.409 e. The van der Waals surface area contributed by atoms with E-state index in [1.165, 1.54) is 7.11 Å². The number of anilines is 4. The summed E-state index contributed by atoms with van der Waals surface area (Å²) >= 11 is 0. The maximum atomic E-state index is 12.8. The van der Waals surface area contributed by atoms with Crippen molar-refractivity contribution in [3.8, 4) is 11.4 Å². The largest absolute Gasteiger partial charge is 0.453 e. The lowest BCUT2D eigenvalue weighted by atomic mass is 10.1. The number of fused-ring (bicyclic) bond motifs is 1. The number of carbonyl (C=O) groups is 2. The van der Waals surface area contributed by atoms with Gasteiger partial charge in [-0.05, 0) is 49.2 Å². The Labute approximate surface area is 271 Å². The topological polar surface area (TPSA) is 152 Å². The van der Waals surface area contributed by atoms with Crippen LogP contribution in [-0.2, 0) is 14.2 Å². The van der Waals surface area contributed by atoms with Crippen molar-refractivity contribution in [3.05, 3.63) is 48.8 Å². The molecule has 15 nitrogen and oxygen atoms in total. The van der Waals surface area contributed by atoms with Crippen molar-refractivity contribution < 1.29 is 23.8 Å². The first-order chi connectivity index (χ1) is 23.1. The van der Waals surface area contributed by atoms with Crippen LogP contribution in [0.2, 0.25) is 0 Å². The van der Waals surface area contributed by atoms with Gasteiger partial charge in [-0.25, -0.2) is 29.2 Å². The van der Waals surface area contributed by atoms with Gasteiger partial charge in [0.1, 0.15) is 11.6 Å². The molecule has 4 aromatic rings. The molecule has 7 rings (SSSR count). The molecule has 3 aliphatic heterocycles. The van der Waals surface area contributed by atoms with E-state index in [1.807, 2.05) is 47.3 Å². The Morgan fingerprint density at radius 2 is 1.47 bits per heavy atom. The molecule has 3 aliphatic rings. The fourth-order valence-electron chi connectivity index (χ4n) is 6.18. The van der Waals surface area contributed by atoms with Crippen molar-refractivity contribution in [2.24, 2.45) is 0 Å². The Hall–Kier alpha value is -5.02. The molecule has 2 N–H and O–H groups in total. The van der Waals surface area contributed by atoms with E-state index in [1.54, 1.807) is 11.1 Å². The zero-order chi connectivity index (χ0) is 32.2. The van der Waals surface area contributed by atoms with Gasteiger partial charge in [-0.1, -0.05) is 0 Å². The number of ether oxygens (including phenoxy) is 3. The average Bonchev–Trinajstić information content (AvgIpc) is 3.56. The van der Waals surface area contributed by atoms with E-state index in [4.69, 9.17) is 29.3 Å². The number of amides is 3. The maximum Gasteiger partial charge on any atom is 0.409 e. The van der Waals surface area contributed by atoms with Gasteiger partial charge in [0, 0.05) is 50.5 Å². The molecule has 0 radical (unpaired) electrons. The number of likely N-dealkylation sites (tertiary alicyclic amines) is 1. The van der Waals surface area contributed by atoms with Crippen molar-refractivity contribution in [2.45, 2.75) is 18.9 Å². The first kappa shape index (κ1) is 30.6. The van der Waals surface area contributed by atoms with Gasteiger partial charge in [-0.2, -0.15) is 5.10 Å². The molecule has 47 heavy (non-hydrogen) atoms. The molecule has 3 fully saturated rings.